The Labute approximate surface area is 168 Å². The van der Waals surface area contributed by atoms with Gasteiger partial charge in [0.1, 0.15) is 23.3 Å². The van der Waals surface area contributed by atoms with Crippen LogP contribution in [-0.4, -0.2) is 51.0 Å². The molecule has 1 amide bonds. The molecule has 0 aromatic carbocycles. The molecule has 3 aromatic heterocycles. The van der Waals surface area contributed by atoms with Gasteiger partial charge in [0.2, 0.25) is 5.91 Å². The molecule has 152 valence electrons. The van der Waals surface area contributed by atoms with Crippen LogP contribution in [0.4, 0.5) is 0 Å². The summed E-state index contributed by atoms with van der Waals surface area (Å²) in [4.78, 5) is 19.3. The minimum atomic E-state index is -0.297. The number of amides is 1. The Morgan fingerprint density at radius 3 is 2.83 bits per heavy atom. The van der Waals surface area contributed by atoms with Crippen LogP contribution < -0.4 is 0 Å². The van der Waals surface area contributed by atoms with Crippen LogP contribution in [0.15, 0.2) is 27.4 Å². The highest BCUT2D eigenvalue weighted by Gasteiger charge is 2.28. The number of rotatable bonds is 5. The lowest BCUT2D eigenvalue weighted by atomic mass is 10.1. The summed E-state index contributed by atoms with van der Waals surface area (Å²) >= 11 is 0. The molecule has 0 aliphatic carbocycles. The van der Waals surface area contributed by atoms with E-state index in [9.17, 15) is 4.79 Å². The standard InChI is InChI=1S/C20H23N5O4/c1-4-17-20(13(3)22-28-17)15-7-5-6-14(21-15)18-11-25(8-9-27-18)19(26)10-16-12(2)23-29-24-16/h5-7,18H,4,8-11H2,1-3H3. The number of aryl methyl sites for hydroxylation is 3. The second-order valence-electron chi connectivity index (χ2n) is 7.04. The maximum absolute atomic E-state index is 12.7. The zero-order chi connectivity index (χ0) is 20.4. The van der Waals surface area contributed by atoms with E-state index in [-0.39, 0.29) is 18.4 Å². The van der Waals surface area contributed by atoms with Gasteiger partial charge in [0.05, 0.1) is 42.2 Å². The predicted octanol–water partition coefficient (Wildman–Crippen LogP) is 2.44. The molecule has 1 saturated heterocycles. The maximum atomic E-state index is 12.7. The average Bonchev–Trinajstić information content (AvgIpc) is 3.33. The zero-order valence-electron chi connectivity index (χ0n) is 16.7. The summed E-state index contributed by atoms with van der Waals surface area (Å²) in [6.07, 6.45) is 0.602. The summed E-state index contributed by atoms with van der Waals surface area (Å²) in [5, 5.41) is 11.6. The first kappa shape index (κ1) is 19.3. The van der Waals surface area contributed by atoms with Gasteiger partial charge in [0.25, 0.3) is 0 Å². The molecular formula is C20H23N5O4. The molecule has 9 heteroatoms. The van der Waals surface area contributed by atoms with Crippen molar-refractivity contribution in [2.45, 2.75) is 39.7 Å². The van der Waals surface area contributed by atoms with E-state index in [1.165, 1.54) is 0 Å². The third kappa shape index (κ3) is 3.91. The van der Waals surface area contributed by atoms with E-state index in [0.29, 0.717) is 31.1 Å². The highest BCUT2D eigenvalue weighted by Crippen LogP contribution is 2.29. The Morgan fingerprint density at radius 2 is 2.07 bits per heavy atom. The van der Waals surface area contributed by atoms with Crippen LogP contribution in [0.1, 0.15) is 41.6 Å². The number of pyridine rings is 1. The molecule has 1 aliphatic rings. The number of hydrogen-bond donors (Lipinski definition) is 0. The van der Waals surface area contributed by atoms with Crippen molar-refractivity contribution in [3.63, 3.8) is 0 Å². The van der Waals surface area contributed by atoms with Crippen LogP contribution in [0.5, 0.6) is 0 Å². The Hall–Kier alpha value is -3.07. The molecule has 0 bridgehead atoms. The zero-order valence-corrected chi connectivity index (χ0v) is 16.7. The number of carbonyl (C=O) groups excluding carboxylic acids is 1. The number of hydrogen-bond acceptors (Lipinski definition) is 8. The van der Waals surface area contributed by atoms with Crippen LogP contribution in [-0.2, 0) is 22.4 Å². The molecular weight excluding hydrogens is 374 g/mol. The second kappa shape index (κ2) is 8.12. The van der Waals surface area contributed by atoms with Gasteiger partial charge in [-0.1, -0.05) is 28.5 Å². The Morgan fingerprint density at radius 1 is 1.21 bits per heavy atom. The van der Waals surface area contributed by atoms with Crippen molar-refractivity contribution >= 4 is 5.91 Å². The summed E-state index contributed by atoms with van der Waals surface area (Å²) < 4.78 is 16.0. The minimum Gasteiger partial charge on any atom is -0.368 e. The monoisotopic (exact) mass is 397 g/mol. The quantitative estimate of drug-likeness (QED) is 0.646. The van der Waals surface area contributed by atoms with E-state index in [1.54, 1.807) is 11.8 Å². The number of ether oxygens (including phenoxy) is 1. The van der Waals surface area contributed by atoms with Crippen LogP contribution >= 0.6 is 0 Å². The lowest BCUT2D eigenvalue weighted by molar-refractivity contribution is -0.138. The first-order valence-corrected chi connectivity index (χ1v) is 9.66. The van der Waals surface area contributed by atoms with Crippen LogP contribution in [0, 0.1) is 13.8 Å². The summed E-state index contributed by atoms with van der Waals surface area (Å²) in [7, 11) is 0. The fraction of sp³-hybridized carbons (Fsp3) is 0.450. The van der Waals surface area contributed by atoms with Gasteiger partial charge in [-0.25, -0.2) is 9.61 Å². The Bertz CT molecular complexity index is 1010. The fourth-order valence-electron chi connectivity index (χ4n) is 3.48. The summed E-state index contributed by atoms with van der Waals surface area (Å²) in [5.41, 5.74) is 4.51. The highest BCUT2D eigenvalue weighted by molar-refractivity contribution is 5.78. The third-order valence-electron chi connectivity index (χ3n) is 5.10. The normalized spacial score (nSPS) is 16.9. The van der Waals surface area contributed by atoms with E-state index in [1.807, 2.05) is 32.0 Å². The summed E-state index contributed by atoms with van der Waals surface area (Å²) in [5.74, 6) is 0.779. The molecule has 4 rings (SSSR count). The summed E-state index contributed by atoms with van der Waals surface area (Å²) in [6.45, 7) is 7.11. The number of nitrogens with zero attached hydrogens (tertiary/aromatic N) is 5. The first-order valence-electron chi connectivity index (χ1n) is 9.66. The van der Waals surface area contributed by atoms with E-state index in [0.717, 1.165) is 34.8 Å². The molecule has 1 fully saturated rings. The van der Waals surface area contributed by atoms with Crippen LogP contribution in [0.3, 0.4) is 0 Å². The van der Waals surface area contributed by atoms with Crippen LogP contribution in [0.2, 0.25) is 0 Å². The van der Waals surface area contributed by atoms with Crippen molar-refractivity contribution in [1.82, 2.24) is 25.4 Å². The molecule has 0 N–H and O–H groups in total. The van der Waals surface area contributed by atoms with Crippen molar-refractivity contribution in [2.24, 2.45) is 0 Å². The molecule has 1 aliphatic heterocycles. The average molecular weight is 397 g/mol. The van der Waals surface area contributed by atoms with Gasteiger partial charge in [-0.05, 0) is 26.0 Å². The van der Waals surface area contributed by atoms with Crippen molar-refractivity contribution in [3.8, 4) is 11.3 Å². The molecule has 1 unspecified atom stereocenters. The van der Waals surface area contributed by atoms with E-state index >= 15 is 0 Å². The second-order valence-corrected chi connectivity index (χ2v) is 7.04. The lowest BCUT2D eigenvalue weighted by Gasteiger charge is -2.32. The molecule has 0 radical (unpaired) electrons. The predicted molar refractivity (Wildman–Crippen MR) is 102 cm³/mol. The number of morpholine rings is 1. The molecule has 1 atom stereocenters. The van der Waals surface area contributed by atoms with E-state index in [2.05, 4.69) is 20.1 Å². The van der Waals surface area contributed by atoms with Crippen molar-refractivity contribution in [1.29, 1.82) is 0 Å². The fourth-order valence-corrected chi connectivity index (χ4v) is 3.48. The van der Waals surface area contributed by atoms with Gasteiger partial charge in [-0.2, -0.15) is 0 Å². The highest BCUT2D eigenvalue weighted by atomic mass is 16.6. The summed E-state index contributed by atoms with van der Waals surface area (Å²) in [6, 6.07) is 5.80. The van der Waals surface area contributed by atoms with Gasteiger partial charge in [0, 0.05) is 13.0 Å². The lowest BCUT2D eigenvalue weighted by Crippen LogP contribution is -2.43. The molecule has 0 spiro atoms. The van der Waals surface area contributed by atoms with Crippen molar-refractivity contribution < 1.29 is 18.7 Å². The number of aromatic nitrogens is 4. The van der Waals surface area contributed by atoms with Gasteiger partial charge in [-0.3, -0.25) is 4.79 Å². The number of carbonyl (C=O) groups is 1. The van der Waals surface area contributed by atoms with E-state index < -0.39 is 0 Å². The molecule has 29 heavy (non-hydrogen) atoms. The SMILES string of the molecule is CCc1onc(C)c1-c1cccc(C2CN(C(=O)Cc3nonc3C)CCO2)n1. The van der Waals surface area contributed by atoms with Crippen molar-refractivity contribution in [2.75, 3.05) is 19.7 Å². The van der Waals surface area contributed by atoms with E-state index in [4.69, 9.17) is 14.2 Å². The van der Waals surface area contributed by atoms with Crippen molar-refractivity contribution in [3.05, 3.63) is 46.7 Å². The maximum Gasteiger partial charge on any atom is 0.228 e. The first-order chi connectivity index (χ1) is 14.1. The third-order valence-corrected chi connectivity index (χ3v) is 5.10. The minimum absolute atomic E-state index is 0.0311. The van der Waals surface area contributed by atoms with Crippen LogP contribution in [0.25, 0.3) is 11.3 Å². The van der Waals surface area contributed by atoms with Gasteiger partial charge in [0.15, 0.2) is 0 Å². The molecule has 4 heterocycles. The molecule has 3 aromatic rings. The van der Waals surface area contributed by atoms with Gasteiger partial charge < -0.3 is 14.2 Å². The Balaban J connectivity index is 1.52. The topological polar surface area (TPSA) is 107 Å². The largest absolute Gasteiger partial charge is 0.368 e. The smallest absolute Gasteiger partial charge is 0.228 e. The molecule has 9 nitrogen and oxygen atoms in total. The molecule has 0 saturated carbocycles. The van der Waals surface area contributed by atoms with Gasteiger partial charge >= 0.3 is 0 Å². The van der Waals surface area contributed by atoms with Gasteiger partial charge in [-0.15, -0.1) is 0 Å². The Kier molecular flexibility index (Phi) is 5.39.